The lowest BCUT2D eigenvalue weighted by Gasteiger charge is -2.19. The number of hydrogen-bond acceptors (Lipinski definition) is 4. The van der Waals surface area contributed by atoms with Crippen LogP contribution in [0.3, 0.4) is 0 Å². The van der Waals surface area contributed by atoms with Gasteiger partial charge in [0.15, 0.2) is 0 Å². The van der Waals surface area contributed by atoms with E-state index in [0.717, 1.165) is 11.1 Å². The summed E-state index contributed by atoms with van der Waals surface area (Å²) in [6.07, 6.45) is 0.525. The normalized spacial score (nSPS) is 14.6. The van der Waals surface area contributed by atoms with Crippen molar-refractivity contribution in [3.8, 4) is 0 Å². The number of fused-ring (bicyclic) bond motifs is 1. The average molecular weight is 277 g/mol. The Morgan fingerprint density at radius 2 is 1.70 bits per heavy atom. The van der Waals surface area contributed by atoms with Gasteiger partial charge in [0.2, 0.25) is 0 Å². The number of nitrogens with one attached hydrogen (secondary N) is 1. The maximum absolute atomic E-state index is 11.9. The summed E-state index contributed by atoms with van der Waals surface area (Å²) < 4.78 is 4.99. The molecule has 5 nitrogen and oxygen atoms in total. The van der Waals surface area contributed by atoms with E-state index in [2.05, 4.69) is 0 Å². The van der Waals surface area contributed by atoms with Gasteiger partial charge in [0.25, 0.3) is 0 Å². The predicted molar refractivity (Wildman–Crippen MR) is 72.8 cm³/mol. The van der Waals surface area contributed by atoms with Crippen LogP contribution in [0.1, 0.15) is 31.9 Å². The fourth-order valence-corrected chi connectivity index (χ4v) is 2.20. The van der Waals surface area contributed by atoms with E-state index in [1.807, 2.05) is 29.7 Å². The molecule has 20 heavy (non-hydrogen) atoms. The zero-order valence-electron chi connectivity index (χ0n) is 11.9. The van der Waals surface area contributed by atoms with Crippen molar-refractivity contribution in [2.75, 3.05) is 0 Å². The van der Waals surface area contributed by atoms with Gasteiger partial charge in [-0.15, -0.1) is 5.48 Å². The summed E-state index contributed by atoms with van der Waals surface area (Å²) in [6.45, 7) is 5.21. The predicted octanol–water partition coefficient (Wildman–Crippen LogP) is 2.38. The van der Waals surface area contributed by atoms with E-state index in [1.165, 1.54) is 0 Å². The van der Waals surface area contributed by atoms with E-state index >= 15 is 0 Å². The summed E-state index contributed by atoms with van der Waals surface area (Å²) in [4.78, 5) is 28.1. The summed E-state index contributed by atoms with van der Waals surface area (Å²) >= 11 is 0. The third-order valence-corrected chi connectivity index (χ3v) is 3.02. The Kier molecular flexibility index (Phi) is 3.97. The Bertz CT molecular complexity index is 494. The number of hydroxylamine groups is 1. The van der Waals surface area contributed by atoms with Crippen molar-refractivity contribution < 1.29 is 19.2 Å². The van der Waals surface area contributed by atoms with Crippen LogP contribution in [0.4, 0.5) is 4.79 Å². The molecule has 1 aliphatic carbocycles. The standard InChI is InChI=1S/C15H19NO4/c1-15(2,3)19-14(18)16-20-13(17)12-8-10-6-4-5-7-11(10)9-12/h4-7,12H,8-9H2,1-3H3,(H,16,18). The maximum atomic E-state index is 11.9. The van der Waals surface area contributed by atoms with Crippen molar-refractivity contribution in [1.82, 2.24) is 5.48 Å². The largest absolute Gasteiger partial charge is 0.442 e. The van der Waals surface area contributed by atoms with Gasteiger partial charge in [0.05, 0.1) is 5.92 Å². The molecule has 0 radical (unpaired) electrons. The van der Waals surface area contributed by atoms with Crippen LogP contribution in [0.25, 0.3) is 0 Å². The van der Waals surface area contributed by atoms with Crippen LogP contribution >= 0.6 is 0 Å². The summed E-state index contributed by atoms with van der Waals surface area (Å²) in [5, 5.41) is 0. The fraction of sp³-hybridized carbons (Fsp3) is 0.467. The molecule has 5 heteroatoms. The van der Waals surface area contributed by atoms with Crippen molar-refractivity contribution in [1.29, 1.82) is 0 Å². The Morgan fingerprint density at radius 1 is 1.15 bits per heavy atom. The first-order valence-corrected chi connectivity index (χ1v) is 6.61. The molecule has 0 aromatic heterocycles. The van der Waals surface area contributed by atoms with Crippen molar-refractivity contribution in [2.24, 2.45) is 5.92 Å². The Morgan fingerprint density at radius 3 is 2.20 bits per heavy atom. The highest BCUT2D eigenvalue weighted by Gasteiger charge is 2.29. The molecular weight excluding hydrogens is 258 g/mol. The molecule has 0 fully saturated rings. The molecule has 0 atom stereocenters. The van der Waals surface area contributed by atoms with E-state index in [1.54, 1.807) is 20.8 Å². The van der Waals surface area contributed by atoms with Crippen LogP contribution in [-0.2, 0) is 27.2 Å². The Balaban J connectivity index is 1.81. The number of carbonyl (C=O) groups is 2. The molecule has 0 aliphatic heterocycles. The molecular formula is C15H19NO4. The quantitative estimate of drug-likeness (QED) is 0.800. The number of amides is 1. The van der Waals surface area contributed by atoms with Gasteiger partial charge in [0.1, 0.15) is 5.60 Å². The molecule has 1 N–H and O–H groups in total. The molecule has 1 aromatic rings. The van der Waals surface area contributed by atoms with E-state index in [9.17, 15) is 9.59 Å². The molecule has 0 heterocycles. The SMILES string of the molecule is CC(C)(C)OC(=O)NOC(=O)C1Cc2ccccc2C1. The van der Waals surface area contributed by atoms with Crippen molar-refractivity contribution in [2.45, 2.75) is 39.2 Å². The number of carbonyl (C=O) groups excluding carboxylic acids is 2. The van der Waals surface area contributed by atoms with E-state index in [-0.39, 0.29) is 5.92 Å². The number of hydrogen-bond donors (Lipinski definition) is 1. The maximum Gasteiger partial charge on any atom is 0.441 e. The van der Waals surface area contributed by atoms with Gasteiger partial charge in [-0.3, -0.25) is 0 Å². The molecule has 2 rings (SSSR count). The monoisotopic (exact) mass is 277 g/mol. The van der Waals surface area contributed by atoms with Crippen LogP contribution in [0.15, 0.2) is 24.3 Å². The highest BCUT2D eigenvalue weighted by atomic mass is 16.7. The minimum absolute atomic E-state index is 0.248. The molecule has 0 spiro atoms. The minimum Gasteiger partial charge on any atom is -0.442 e. The molecule has 108 valence electrons. The minimum atomic E-state index is -0.763. The first-order valence-electron chi connectivity index (χ1n) is 6.61. The van der Waals surface area contributed by atoms with Gasteiger partial charge in [-0.2, -0.15) is 0 Å². The van der Waals surface area contributed by atoms with Gasteiger partial charge in [0, 0.05) is 0 Å². The first kappa shape index (κ1) is 14.4. The highest BCUT2D eigenvalue weighted by Crippen LogP contribution is 2.26. The van der Waals surface area contributed by atoms with Crippen molar-refractivity contribution in [3.63, 3.8) is 0 Å². The van der Waals surface area contributed by atoms with Crippen LogP contribution in [0, 0.1) is 5.92 Å². The second-order valence-electron chi connectivity index (χ2n) is 5.90. The molecule has 0 bridgehead atoms. The van der Waals surface area contributed by atoms with Crippen LogP contribution in [0.2, 0.25) is 0 Å². The summed E-state index contributed by atoms with van der Waals surface area (Å²) in [7, 11) is 0. The van der Waals surface area contributed by atoms with Gasteiger partial charge in [-0.1, -0.05) is 24.3 Å². The van der Waals surface area contributed by atoms with Crippen LogP contribution in [-0.4, -0.2) is 17.7 Å². The lowest BCUT2D eigenvalue weighted by Crippen LogP contribution is -2.35. The second-order valence-corrected chi connectivity index (χ2v) is 5.90. The lowest BCUT2D eigenvalue weighted by atomic mass is 10.1. The average Bonchev–Trinajstić information content (AvgIpc) is 2.77. The zero-order valence-corrected chi connectivity index (χ0v) is 11.9. The number of ether oxygens (including phenoxy) is 1. The molecule has 1 aromatic carbocycles. The van der Waals surface area contributed by atoms with Gasteiger partial charge in [-0.05, 0) is 44.7 Å². The third-order valence-electron chi connectivity index (χ3n) is 3.02. The van der Waals surface area contributed by atoms with Crippen LogP contribution in [0.5, 0.6) is 0 Å². The number of benzene rings is 1. The van der Waals surface area contributed by atoms with E-state index in [4.69, 9.17) is 9.57 Å². The lowest BCUT2D eigenvalue weighted by molar-refractivity contribution is -0.155. The second kappa shape index (κ2) is 5.53. The van der Waals surface area contributed by atoms with Gasteiger partial charge in [-0.25, -0.2) is 9.59 Å². The first-order chi connectivity index (χ1) is 9.35. The van der Waals surface area contributed by atoms with Gasteiger partial charge >= 0.3 is 12.1 Å². The van der Waals surface area contributed by atoms with Crippen molar-refractivity contribution in [3.05, 3.63) is 35.4 Å². The highest BCUT2D eigenvalue weighted by molar-refractivity contribution is 5.76. The van der Waals surface area contributed by atoms with E-state index < -0.39 is 17.7 Å². The van der Waals surface area contributed by atoms with Gasteiger partial charge < -0.3 is 9.57 Å². The summed E-state index contributed by atoms with van der Waals surface area (Å²) in [6, 6.07) is 7.91. The van der Waals surface area contributed by atoms with Crippen molar-refractivity contribution >= 4 is 12.1 Å². The molecule has 1 amide bonds. The molecule has 0 saturated heterocycles. The number of rotatable bonds is 1. The Hall–Kier alpha value is -2.04. The van der Waals surface area contributed by atoms with E-state index in [0.29, 0.717) is 12.8 Å². The summed E-state index contributed by atoms with van der Waals surface area (Å²) in [5.74, 6) is -0.686. The molecule has 0 saturated carbocycles. The molecule has 0 unspecified atom stereocenters. The fourth-order valence-electron chi connectivity index (χ4n) is 2.20. The zero-order chi connectivity index (χ0) is 14.8. The Labute approximate surface area is 118 Å². The summed E-state index contributed by atoms with van der Waals surface area (Å²) in [5.41, 5.74) is 3.73. The molecule has 1 aliphatic rings. The third kappa shape index (κ3) is 3.73. The van der Waals surface area contributed by atoms with Crippen LogP contribution < -0.4 is 5.48 Å². The smallest absolute Gasteiger partial charge is 0.441 e. The topological polar surface area (TPSA) is 64.6 Å².